The Bertz CT molecular complexity index is 147. The van der Waals surface area contributed by atoms with Gasteiger partial charge in [0.1, 0.15) is 0 Å². The van der Waals surface area contributed by atoms with Gasteiger partial charge in [0.05, 0.1) is 0 Å². The molecule has 1 nitrogen and oxygen atoms in total. The summed E-state index contributed by atoms with van der Waals surface area (Å²) in [5.41, 5.74) is 0.643. The van der Waals surface area contributed by atoms with Gasteiger partial charge in [-0.05, 0) is 38.1 Å². The normalized spacial score (nSPS) is 22.5. The highest BCUT2D eigenvalue weighted by atomic mass is 14.9. The van der Waals surface area contributed by atoms with Gasteiger partial charge in [0.25, 0.3) is 0 Å². The molecule has 0 radical (unpaired) electrons. The van der Waals surface area contributed by atoms with Crippen molar-refractivity contribution in [3.8, 4) is 0 Å². The fourth-order valence-corrected chi connectivity index (χ4v) is 3.19. The Morgan fingerprint density at radius 1 is 1.21 bits per heavy atom. The number of hydrogen-bond acceptors (Lipinski definition) is 1. The van der Waals surface area contributed by atoms with Crippen molar-refractivity contribution < 1.29 is 0 Å². The smallest absolute Gasteiger partial charge is 0.0120 e. The van der Waals surface area contributed by atoms with Crippen LogP contribution in [0.25, 0.3) is 0 Å². The molecule has 0 aromatic carbocycles. The van der Waals surface area contributed by atoms with Crippen LogP contribution >= 0.6 is 0 Å². The minimum absolute atomic E-state index is 0.643. The van der Waals surface area contributed by atoms with Gasteiger partial charge in [-0.2, -0.15) is 0 Å². The van der Waals surface area contributed by atoms with E-state index in [0.29, 0.717) is 5.41 Å². The molecule has 0 saturated heterocycles. The molecule has 1 aliphatic carbocycles. The highest BCUT2D eigenvalue weighted by molar-refractivity contribution is 4.93. The lowest BCUT2D eigenvalue weighted by molar-refractivity contribution is 0.182. The number of hydrogen-bond donors (Lipinski definition) is 1. The molecule has 1 aliphatic rings. The predicted molar refractivity (Wildman–Crippen MR) is 63.6 cm³/mol. The zero-order chi connectivity index (χ0) is 10.4. The molecule has 1 fully saturated rings. The van der Waals surface area contributed by atoms with Gasteiger partial charge in [-0.1, -0.05) is 39.5 Å². The second-order valence-corrected chi connectivity index (χ2v) is 4.91. The van der Waals surface area contributed by atoms with Crippen molar-refractivity contribution in [2.45, 2.75) is 71.3 Å². The molecular weight excluding hydrogens is 170 g/mol. The summed E-state index contributed by atoms with van der Waals surface area (Å²) in [6.07, 6.45) is 11.3. The first-order valence-corrected chi connectivity index (χ1v) is 6.46. The third kappa shape index (κ3) is 2.50. The first-order chi connectivity index (χ1) is 6.79. The van der Waals surface area contributed by atoms with Crippen LogP contribution in [0.2, 0.25) is 0 Å². The molecule has 0 heterocycles. The van der Waals surface area contributed by atoms with Crippen LogP contribution in [0, 0.1) is 5.41 Å². The standard InChI is InChI=1S/C13H27N/c1-4-6-9-12(14-3)13(5-2)10-7-8-11-13/h12,14H,4-11H2,1-3H3. The summed E-state index contributed by atoms with van der Waals surface area (Å²) < 4.78 is 0. The second-order valence-electron chi connectivity index (χ2n) is 4.91. The average molecular weight is 197 g/mol. The van der Waals surface area contributed by atoms with E-state index < -0.39 is 0 Å². The lowest BCUT2D eigenvalue weighted by atomic mass is 9.74. The fourth-order valence-electron chi connectivity index (χ4n) is 3.19. The molecule has 14 heavy (non-hydrogen) atoms. The minimum Gasteiger partial charge on any atom is -0.316 e. The molecule has 0 spiro atoms. The Morgan fingerprint density at radius 3 is 2.29 bits per heavy atom. The van der Waals surface area contributed by atoms with E-state index in [1.807, 2.05) is 0 Å². The lowest BCUT2D eigenvalue weighted by Crippen LogP contribution is -2.41. The monoisotopic (exact) mass is 197 g/mol. The highest BCUT2D eigenvalue weighted by Gasteiger charge is 2.38. The Hall–Kier alpha value is -0.0400. The summed E-state index contributed by atoms with van der Waals surface area (Å²) in [4.78, 5) is 0. The van der Waals surface area contributed by atoms with Gasteiger partial charge in [-0.3, -0.25) is 0 Å². The zero-order valence-corrected chi connectivity index (χ0v) is 10.2. The molecule has 0 amide bonds. The van der Waals surface area contributed by atoms with Gasteiger partial charge >= 0.3 is 0 Å². The summed E-state index contributed by atoms with van der Waals surface area (Å²) in [6, 6.07) is 0.773. The second kappa shape index (κ2) is 5.75. The molecule has 0 bridgehead atoms. The molecule has 1 heteroatoms. The quantitative estimate of drug-likeness (QED) is 0.684. The molecule has 0 aromatic heterocycles. The maximum absolute atomic E-state index is 3.57. The van der Waals surface area contributed by atoms with Crippen LogP contribution in [-0.2, 0) is 0 Å². The van der Waals surface area contributed by atoms with Crippen LogP contribution in [0.1, 0.15) is 65.2 Å². The summed E-state index contributed by atoms with van der Waals surface area (Å²) in [6.45, 7) is 4.67. The van der Waals surface area contributed by atoms with Crippen molar-refractivity contribution in [2.24, 2.45) is 5.41 Å². The van der Waals surface area contributed by atoms with Crippen molar-refractivity contribution in [1.29, 1.82) is 0 Å². The summed E-state index contributed by atoms with van der Waals surface area (Å²) in [7, 11) is 2.15. The number of rotatable bonds is 6. The van der Waals surface area contributed by atoms with Crippen LogP contribution in [-0.4, -0.2) is 13.1 Å². The van der Waals surface area contributed by atoms with Crippen LogP contribution in [0.4, 0.5) is 0 Å². The third-order valence-electron chi connectivity index (χ3n) is 4.24. The van der Waals surface area contributed by atoms with E-state index in [1.54, 1.807) is 0 Å². The van der Waals surface area contributed by atoms with Crippen LogP contribution in [0.5, 0.6) is 0 Å². The largest absolute Gasteiger partial charge is 0.316 e. The van der Waals surface area contributed by atoms with E-state index in [9.17, 15) is 0 Å². The molecule has 1 unspecified atom stereocenters. The van der Waals surface area contributed by atoms with Crippen LogP contribution < -0.4 is 5.32 Å². The van der Waals surface area contributed by atoms with E-state index in [-0.39, 0.29) is 0 Å². The molecule has 84 valence electrons. The summed E-state index contributed by atoms with van der Waals surface area (Å²) >= 11 is 0. The molecule has 0 aromatic rings. The van der Waals surface area contributed by atoms with Crippen LogP contribution in [0.3, 0.4) is 0 Å². The van der Waals surface area contributed by atoms with E-state index in [0.717, 1.165) is 6.04 Å². The SMILES string of the molecule is CCCCC(NC)C1(CC)CCCC1. The average Bonchev–Trinajstić information content (AvgIpc) is 2.69. The Balaban J connectivity index is 2.54. The van der Waals surface area contributed by atoms with E-state index in [1.165, 1.54) is 51.4 Å². The fraction of sp³-hybridized carbons (Fsp3) is 1.00. The van der Waals surface area contributed by atoms with E-state index in [2.05, 4.69) is 26.2 Å². The van der Waals surface area contributed by atoms with Crippen molar-refractivity contribution in [3.05, 3.63) is 0 Å². The Labute approximate surface area is 89.7 Å². The Morgan fingerprint density at radius 2 is 1.86 bits per heavy atom. The maximum atomic E-state index is 3.57. The van der Waals surface area contributed by atoms with Gasteiger partial charge in [0.15, 0.2) is 0 Å². The zero-order valence-electron chi connectivity index (χ0n) is 10.2. The summed E-state index contributed by atoms with van der Waals surface area (Å²) in [5, 5.41) is 3.57. The lowest BCUT2D eigenvalue weighted by Gasteiger charge is -2.37. The molecule has 1 N–H and O–H groups in total. The first-order valence-electron chi connectivity index (χ1n) is 6.46. The van der Waals surface area contributed by atoms with Crippen molar-refractivity contribution in [2.75, 3.05) is 7.05 Å². The molecular formula is C13H27N. The van der Waals surface area contributed by atoms with Gasteiger partial charge in [-0.15, -0.1) is 0 Å². The summed E-state index contributed by atoms with van der Waals surface area (Å²) in [5.74, 6) is 0. The molecule has 1 saturated carbocycles. The van der Waals surface area contributed by atoms with E-state index >= 15 is 0 Å². The van der Waals surface area contributed by atoms with E-state index in [4.69, 9.17) is 0 Å². The molecule has 0 aliphatic heterocycles. The topological polar surface area (TPSA) is 12.0 Å². The molecule has 1 atom stereocenters. The first kappa shape index (κ1) is 12.0. The van der Waals surface area contributed by atoms with Crippen molar-refractivity contribution >= 4 is 0 Å². The van der Waals surface area contributed by atoms with Gasteiger partial charge in [-0.25, -0.2) is 0 Å². The van der Waals surface area contributed by atoms with Crippen LogP contribution in [0.15, 0.2) is 0 Å². The predicted octanol–water partition coefficient (Wildman–Crippen LogP) is 3.74. The van der Waals surface area contributed by atoms with Crippen molar-refractivity contribution in [3.63, 3.8) is 0 Å². The minimum atomic E-state index is 0.643. The number of unbranched alkanes of at least 4 members (excludes halogenated alkanes) is 1. The highest BCUT2D eigenvalue weighted by Crippen LogP contribution is 2.45. The molecule has 1 rings (SSSR count). The Kier molecular flexibility index (Phi) is 4.94. The number of nitrogens with one attached hydrogen (secondary N) is 1. The third-order valence-corrected chi connectivity index (χ3v) is 4.24. The van der Waals surface area contributed by atoms with Crippen molar-refractivity contribution in [1.82, 2.24) is 5.32 Å². The van der Waals surface area contributed by atoms with Gasteiger partial charge < -0.3 is 5.32 Å². The maximum Gasteiger partial charge on any atom is 0.0120 e. The van der Waals surface area contributed by atoms with Gasteiger partial charge in [0.2, 0.25) is 0 Å². The van der Waals surface area contributed by atoms with Gasteiger partial charge in [0, 0.05) is 6.04 Å².